The molecule has 0 bridgehead atoms. The average Bonchev–Trinajstić information content (AvgIpc) is 3.01. The van der Waals surface area contributed by atoms with Gasteiger partial charge in [0.2, 0.25) is 11.8 Å². The lowest BCUT2D eigenvalue weighted by molar-refractivity contribution is -0.140. The summed E-state index contributed by atoms with van der Waals surface area (Å²) < 4.78 is 5.29. The lowest BCUT2D eigenvalue weighted by Gasteiger charge is -2.26. The number of carbonyl (C=O) groups excluding carboxylic acids is 2. The van der Waals surface area contributed by atoms with E-state index in [1.54, 1.807) is 16.9 Å². The van der Waals surface area contributed by atoms with Crippen molar-refractivity contribution in [3.05, 3.63) is 35.9 Å². The first-order valence-corrected chi connectivity index (χ1v) is 8.74. The van der Waals surface area contributed by atoms with Crippen molar-refractivity contribution >= 4 is 17.8 Å². The Labute approximate surface area is 153 Å². The van der Waals surface area contributed by atoms with E-state index in [9.17, 15) is 14.4 Å². The second kappa shape index (κ2) is 9.33. The molecule has 1 fully saturated rings. The normalized spacial score (nSPS) is 19.4. The van der Waals surface area contributed by atoms with Crippen LogP contribution in [-0.2, 0) is 25.7 Å². The maximum atomic E-state index is 12.6. The van der Waals surface area contributed by atoms with Crippen LogP contribution >= 0.6 is 0 Å². The van der Waals surface area contributed by atoms with Crippen molar-refractivity contribution < 1.29 is 24.2 Å². The van der Waals surface area contributed by atoms with E-state index in [1.807, 2.05) is 30.3 Å². The zero-order chi connectivity index (χ0) is 19.1. The number of methoxy groups -OCH3 is 1. The fourth-order valence-electron chi connectivity index (χ4n) is 3.27. The summed E-state index contributed by atoms with van der Waals surface area (Å²) in [5.41, 5.74) is 1.000. The van der Waals surface area contributed by atoms with Crippen molar-refractivity contribution in [1.82, 2.24) is 9.80 Å². The molecule has 26 heavy (non-hydrogen) atoms. The van der Waals surface area contributed by atoms with Gasteiger partial charge in [-0.1, -0.05) is 30.3 Å². The Morgan fingerprint density at radius 2 is 1.96 bits per heavy atom. The largest absolute Gasteiger partial charge is 0.481 e. The number of aliphatic carboxylic acids is 1. The number of amides is 2. The van der Waals surface area contributed by atoms with Crippen LogP contribution in [-0.4, -0.2) is 65.0 Å². The van der Waals surface area contributed by atoms with Gasteiger partial charge < -0.3 is 19.6 Å². The maximum Gasteiger partial charge on any atom is 0.305 e. The number of carbonyl (C=O) groups is 3. The van der Waals surface area contributed by atoms with Crippen molar-refractivity contribution in [2.45, 2.75) is 44.9 Å². The minimum absolute atomic E-state index is 0.0912. The third-order valence-corrected chi connectivity index (χ3v) is 4.70. The van der Waals surface area contributed by atoms with Crippen molar-refractivity contribution in [3.63, 3.8) is 0 Å². The van der Waals surface area contributed by atoms with Crippen LogP contribution in [0, 0.1) is 0 Å². The van der Waals surface area contributed by atoms with Gasteiger partial charge in [0.25, 0.3) is 0 Å². The summed E-state index contributed by atoms with van der Waals surface area (Å²) in [7, 11) is 1.56. The predicted octanol–water partition coefficient (Wildman–Crippen LogP) is 1.52. The second-order valence-corrected chi connectivity index (χ2v) is 6.57. The van der Waals surface area contributed by atoms with Gasteiger partial charge in [0.15, 0.2) is 0 Å². The Morgan fingerprint density at radius 3 is 2.54 bits per heavy atom. The van der Waals surface area contributed by atoms with Crippen LogP contribution in [0.3, 0.4) is 0 Å². The molecule has 1 heterocycles. The van der Waals surface area contributed by atoms with E-state index in [0.29, 0.717) is 26.1 Å². The van der Waals surface area contributed by atoms with Gasteiger partial charge in [0, 0.05) is 46.1 Å². The number of carboxylic acid groups (broad SMARTS) is 1. The van der Waals surface area contributed by atoms with E-state index in [4.69, 9.17) is 9.84 Å². The smallest absolute Gasteiger partial charge is 0.305 e. The molecule has 0 spiro atoms. The first kappa shape index (κ1) is 19.9. The first-order chi connectivity index (χ1) is 12.4. The van der Waals surface area contributed by atoms with Crippen LogP contribution in [0.25, 0.3) is 0 Å². The van der Waals surface area contributed by atoms with E-state index in [-0.39, 0.29) is 36.8 Å². The van der Waals surface area contributed by atoms with Gasteiger partial charge >= 0.3 is 5.97 Å². The quantitative estimate of drug-likeness (QED) is 0.758. The highest BCUT2D eigenvalue weighted by Gasteiger charge is 2.36. The van der Waals surface area contributed by atoms with Crippen molar-refractivity contribution in [1.29, 1.82) is 0 Å². The molecule has 1 aromatic rings. The lowest BCUT2D eigenvalue weighted by Crippen LogP contribution is -2.39. The summed E-state index contributed by atoms with van der Waals surface area (Å²) in [6.45, 7) is 2.63. The number of rotatable bonds is 8. The fraction of sp³-hybridized carbons (Fsp3) is 0.526. The third kappa shape index (κ3) is 5.56. The highest BCUT2D eigenvalue weighted by molar-refractivity contribution is 5.79. The molecule has 2 rings (SSSR count). The number of hydrogen-bond acceptors (Lipinski definition) is 4. The monoisotopic (exact) mass is 362 g/mol. The van der Waals surface area contributed by atoms with Gasteiger partial charge in [-0.15, -0.1) is 0 Å². The molecule has 1 N–H and O–H groups in total. The Hall–Kier alpha value is -2.41. The van der Waals surface area contributed by atoms with Crippen LogP contribution in [0.1, 0.15) is 31.7 Å². The molecule has 1 saturated heterocycles. The molecule has 2 amide bonds. The van der Waals surface area contributed by atoms with Crippen LogP contribution in [0.5, 0.6) is 0 Å². The lowest BCUT2D eigenvalue weighted by atomic mass is 10.1. The van der Waals surface area contributed by atoms with Crippen LogP contribution < -0.4 is 0 Å². The number of ether oxygens (including phenoxy) is 1. The highest BCUT2D eigenvalue weighted by Crippen LogP contribution is 2.23. The summed E-state index contributed by atoms with van der Waals surface area (Å²) >= 11 is 0. The molecule has 1 aliphatic rings. The molecular weight excluding hydrogens is 336 g/mol. The van der Waals surface area contributed by atoms with Crippen molar-refractivity contribution in [3.8, 4) is 0 Å². The molecule has 0 saturated carbocycles. The van der Waals surface area contributed by atoms with Crippen LogP contribution in [0.15, 0.2) is 30.3 Å². The average molecular weight is 362 g/mol. The summed E-state index contributed by atoms with van der Waals surface area (Å²) in [6.07, 6.45) is 0.455. The molecule has 2 unspecified atom stereocenters. The Balaban J connectivity index is 1.95. The standard InChI is InChI=1S/C19H26N2O5/c1-14(22)20(12-15-6-4-3-5-7-15)9-8-18(23)21-13-17(26-2)10-16(21)11-19(24)25/h3-7,16-17H,8-13H2,1-2H3,(H,24,25). The Kier molecular flexibility index (Phi) is 7.15. The summed E-state index contributed by atoms with van der Waals surface area (Å²) in [5, 5.41) is 9.06. The number of benzene rings is 1. The Morgan fingerprint density at radius 1 is 1.27 bits per heavy atom. The summed E-state index contributed by atoms with van der Waals surface area (Å²) in [6, 6.07) is 9.24. The van der Waals surface area contributed by atoms with E-state index in [2.05, 4.69) is 0 Å². The maximum absolute atomic E-state index is 12.6. The number of hydrogen-bond donors (Lipinski definition) is 1. The molecule has 1 aliphatic heterocycles. The SMILES string of the molecule is COC1CC(CC(=O)O)N(C(=O)CCN(Cc2ccccc2)C(C)=O)C1. The van der Waals surface area contributed by atoms with Crippen molar-refractivity contribution in [2.24, 2.45) is 0 Å². The zero-order valence-electron chi connectivity index (χ0n) is 15.3. The van der Waals surface area contributed by atoms with E-state index in [0.717, 1.165) is 5.56 Å². The van der Waals surface area contributed by atoms with Gasteiger partial charge in [0.1, 0.15) is 0 Å². The first-order valence-electron chi connectivity index (χ1n) is 8.74. The van der Waals surface area contributed by atoms with Crippen molar-refractivity contribution in [2.75, 3.05) is 20.2 Å². The van der Waals surface area contributed by atoms with E-state index >= 15 is 0 Å². The van der Waals surface area contributed by atoms with Gasteiger partial charge in [-0.2, -0.15) is 0 Å². The number of likely N-dealkylation sites (tertiary alicyclic amines) is 1. The summed E-state index contributed by atoms with van der Waals surface area (Å²) in [5.74, 6) is -1.17. The third-order valence-electron chi connectivity index (χ3n) is 4.70. The number of nitrogens with zero attached hydrogens (tertiary/aromatic N) is 2. The van der Waals surface area contributed by atoms with Crippen LogP contribution in [0.4, 0.5) is 0 Å². The van der Waals surface area contributed by atoms with Gasteiger partial charge in [-0.25, -0.2) is 0 Å². The molecule has 0 radical (unpaired) electrons. The van der Waals surface area contributed by atoms with Gasteiger partial charge in [0.05, 0.1) is 12.5 Å². The molecule has 7 nitrogen and oxygen atoms in total. The van der Waals surface area contributed by atoms with Gasteiger partial charge in [-0.05, 0) is 12.0 Å². The topological polar surface area (TPSA) is 87.2 Å². The number of carboxylic acids is 1. The molecule has 7 heteroatoms. The molecule has 142 valence electrons. The molecule has 1 aromatic carbocycles. The van der Waals surface area contributed by atoms with Crippen LogP contribution in [0.2, 0.25) is 0 Å². The molecule has 0 aliphatic carbocycles. The van der Waals surface area contributed by atoms with E-state index in [1.165, 1.54) is 6.92 Å². The Bertz CT molecular complexity index is 634. The highest BCUT2D eigenvalue weighted by atomic mass is 16.5. The van der Waals surface area contributed by atoms with Gasteiger partial charge in [-0.3, -0.25) is 14.4 Å². The molecular formula is C19H26N2O5. The van der Waals surface area contributed by atoms with E-state index < -0.39 is 5.97 Å². The zero-order valence-corrected chi connectivity index (χ0v) is 15.3. The molecule has 0 aromatic heterocycles. The minimum atomic E-state index is -0.931. The minimum Gasteiger partial charge on any atom is -0.481 e. The second-order valence-electron chi connectivity index (χ2n) is 6.57. The molecule has 2 atom stereocenters. The fourth-order valence-corrected chi connectivity index (χ4v) is 3.27. The predicted molar refractivity (Wildman–Crippen MR) is 95.3 cm³/mol. The summed E-state index contributed by atoms with van der Waals surface area (Å²) in [4.78, 5) is 38.8.